The molecule has 0 spiro atoms. The number of carbonyl (C=O) groups is 2. The first-order valence-corrected chi connectivity index (χ1v) is 10.7. The molecule has 2 aromatic heterocycles. The van der Waals surface area contributed by atoms with E-state index in [-0.39, 0.29) is 28.9 Å². The molecule has 0 fully saturated rings. The largest absolute Gasteiger partial charge is 0.459 e. The number of H-pyrrole nitrogens is 1. The third-order valence-electron chi connectivity index (χ3n) is 5.67. The molecule has 1 aliphatic rings. The van der Waals surface area contributed by atoms with Crippen LogP contribution in [0.5, 0.6) is 0 Å². The molecule has 3 heterocycles. The number of aromatic nitrogens is 2. The van der Waals surface area contributed by atoms with Crippen molar-refractivity contribution in [1.29, 1.82) is 0 Å². The van der Waals surface area contributed by atoms with Crippen molar-refractivity contribution in [3.63, 3.8) is 0 Å². The first kappa shape index (κ1) is 24.5. The molecule has 1 aromatic carbocycles. The van der Waals surface area contributed by atoms with Gasteiger partial charge >= 0.3 is 12.1 Å². The fraction of sp³-hybridized carbons (Fsp3) is 0.333. The van der Waals surface area contributed by atoms with Crippen molar-refractivity contribution in [3.8, 4) is 0 Å². The van der Waals surface area contributed by atoms with Crippen LogP contribution >= 0.6 is 0 Å². The zero-order chi connectivity index (χ0) is 25.9. The number of aromatic amines is 1. The van der Waals surface area contributed by atoms with Crippen LogP contribution in [0.25, 0.3) is 11.1 Å². The van der Waals surface area contributed by atoms with Gasteiger partial charge in [-0.1, -0.05) is 13.8 Å². The molecule has 0 bridgehead atoms. The van der Waals surface area contributed by atoms with E-state index in [0.29, 0.717) is 5.56 Å². The maximum absolute atomic E-state index is 13.8. The van der Waals surface area contributed by atoms with Crippen LogP contribution in [0.2, 0.25) is 0 Å². The van der Waals surface area contributed by atoms with Crippen molar-refractivity contribution in [2.75, 3.05) is 6.54 Å². The molecule has 1 N–H and O–H groups in total. The Morgan fingerprint density at radius 3 is 2.40 bits per heavy atom. The fourth-order valence-electron chi connectivity index (χ4n) is 4.22. The normalized spacial score (nSPS) is 15.7. The molecule has 0 unspecified atom stereocenters. The topological polar surface area (TPSA) is 66.8 Å². The van der Waals surface area contributed by atoms with E-state index in [1.807, 2.05) is 0 Å². The predicted octanol–water partition coefficient (Wildman–Crippen LogP) is 5.29. The van der Waals surface area contributed by atoms with Gasteiger partial charge in [0.05, 0.1) is 22.9 Å². The van der Waals surface area contributed by atoms with Crippen molar-refractivity contribution in [2.24, 2.45) is 0 Å². The number of carbonyl (C=O) groups excluding carboxylic acids is 2. The summed E-state index contributed by atoms with van der Waals surface area (Å²) in [6.07, 6.45) is -2.99. The highest BCUT2D eigenvalue weighted by Crippen LogP contribution is 2.41. The van der Waals surface area contributed by atoms with E-state index in [9.17, 15) is 31.5 Å². The van der Waals surface area contributed by atoms with Gasteiger partial charge in [-0.05, 0) is 38.1 Å². The molecule has 0 aliphatic carbocycles. The molecular formula is C24H22F5N3O3. The van der Waals surface area contributed by atoms with Crippen LogP contribution in [0.3, 0.4) is 0 Å². The van der Waals surface area contributed by atoms with Gasteiger partial charge in [0.25, 0.3) is 5.91 Å². The summed E-state index contributed by atoms with van der Waals surface area (Å²) in [6.45, 7) is 6.59. The highest BCUT2D eigenvalue weighted by molar-refractivity contribution is 6.17. The SMILES string of the molecule is CC(C)OC(=O)C1=CN(C(=O)c2ccc(F)c(F)c2)CC(C)(C)c2c1[nH]n1cc(C(F)(F)F)cc21. The number of hydrogen-bond donors (Lipinski definition) is 1. The Hall–Kier alpha value is -3.63. The third kappa shape index (κ3) is 4.42. The van der Waals surface area contributed by atoms with Crippen LogP contribution in [-0.2, 0) is 21.1 Å². The second-order valence-electron chi connectivity index (χ2n) is 9.29. The summed E-state index contributed by atoms with van der Waals surface area (Å²) in [7, 11) is 0. The molecule has 6 nitrogen and oxygen atoms in total. The van der Waals surface area contributed by atoms with Gasteiger partial charge in [0.1, 0.15) is 5.57 Å². The summed E-state index contributed by atoms with van der Waals surface area (Å²) in [5, 5.41) is 2.82. The highest BCUT2D eigenvalue weighted by Gasteiger charge is 2.40. The lowest BCUT2D eigenvalue weighted by Gasteiger charge is -2.29. The molecule has 0 saturated heterocycles. The van der Waals surface area contributed by atoms with Gasteiger partial charge in [-0.3, -0.25) is 14.4 Å². The number of halogens is 5. The van der Waals surface area contributed by atoms with Crippen molar-refractivity contribution in [2.45, 2.75) is 45.4 Å². The number of hydrogen-bond acceptors (Lipinski definition) is 3. The lowest BCUT2D eigenvalue weighted by atomic mass is 9.82. The lowest BCUT2D eigenvalue weighted by Crippen LogP contribution is -2.37. The van der Waals surface area contributed by atoms with E-state index < -0.39 is 46.8 Å². The van der Waals surface area contributed by atoms with E-state index in [4.69, 9.17) is 4.74 Å². The smallest absolute Gasteiger partial charge is 0.417 e. The van der Waals surface area contributed by atoms with Crippen molar-refractivity contribution >= 4 is 23.0 Å². The molecule has 35 heavy (non-hydrogen) atoms. The van der Waals surface area contributed by atoms with Crippen LogP contribution in [-0.4, -0.2) is 39.0 Å². The second-order valence-corrected chi connectivity index (χ2v) is 9.29. The fourth-order valence-corrected chi connectivity index (χ4v) is 4.22. The van der Waals surface area contributed by atoms with E-state index in [0.717, 1.165) is 35.4 Å². The number of benzene rings is 1. The van der Waals surface area contributed by atoms with Crippen LogP contribution in [0.4, 0.5) is 22.0 Å². The first-order chi connectivity index (χ1) is 16.2. The Morgan fingerprint density at radius 2 is 1.80 bits per heavy atom. The number of nitrogens with zero attached hydrogens (tertiary/aromatic N) is 2. The van der Waals surface area contributed by atoms with E-state index in [2.05, 4.69) is 5.10 Å². The lowest BCUT2D eigenvalue weighted by molar-refractivity contribution is -0.140. The molecule has 11 heteroatoms. The average molecular weight is 495 g/mol. The summed E-state index contributed by atoms with van der Waals surface area (Å²) in [6, 6.07) is 3.64. The Balaban J connectivity index is 1.89. The molecule has 0 saturated carbocycles. The molecule has 3 aromatic rings. The summed E-state index contributed by atoms with van der Waals surface area (Å²) in [5.41, 5.74) is -1.34. The van der Waals surface area contributed by atoms with Gasteiger partial charge in [0, 0.05) is 35.5 Å². The van der Waals surface area contributed by atoms with E-state index >= 15 is 0 Å². The number of fused-ring (bicyclic) bond motifs is 3. The molecular weight excluding hydrogens is 473 g/mol. The summed E-state index contributed by atoms with van der Waals surface area (Å²) < 4.78 is 73.7. The Bertz CT molecular complexity index is 1360. The molecule has 1 amide bonds. The van der Waals surface area contributed by atoms with Gasteiger partial charge < -0.3 is 9.64 Å². The number of rotatable bonds is 3. The number of esters is 1. The maximum Gasteiger partial charge on any atom is 0.417 e. The minimum Gasteiger partial charge on any atom is -0.459 e. The van der Waals surface area contributed by atoms with Crippen LogP contribution in [0.1, 0.15) is 54.9 Å². The van der Waals surface area contributed by atoms with Crippen molar-refractivity contribution < 1.29 is 36.3 Å². The van der Waals surface area contributed by atoms with E-state index in [1.165, 1.54) is 10.7 Å². The molecule has 186 valence electrons. The summed E-state index contributed by atoms with van der Waals surface area (Å²) >= 11 is 0. The van der Waals surface area contributed by atoms with Crippen LogP contribution in [0.15, 0.2) is 36.7 Å². The van der Waals surface area contributed by atoms with Crippen molar-refractivity contribution in [1.82, 2.24) is 14.5 Å². The van der Waals surface area contributed by atoms with Gasteiger partial charge in [0.15, 0.2) is 11.6 Å². The van der Waals surface area contributed by atoms with E-state index in [1.54, 1.807) is 27.7 Å². The van der Waals surface area contributed by atoms with Gasteiger partial charge in [-0.15, -0.1) is 0 Å². The second kappa shape index (κ2) is 8.24. The maximum atomic E-state index is 13.8. The Labute approximate surface area is 196 Å². The zero-order valence-corrected chi connectivity index (χ0v) is 19.3. The third-order valence-corrected chi connectivity index (χ3v) is 5.67. The molecule has 0 radical (unpaired) electrons. The number of ether oxygens (including phenoxy) is 1. The van der Waals surface area contributed by atoms with Crippen molar-refractivity contribution in [3.05, 3.63) is 70.7 Å². The monoisotopic (exact) mass is 495 g/mol. The van der Waals surface area contributed by atoms with Crippen LogP contribution < -0.4 is 0 Å². The van der Waals surface area contributed by atoms with Gasteiger partial charge in [0.2, 0.25) is 0 Å². The quantitative estimate of drug-likeness (QED) is 0.397. The summed E-state index contributed by atoms with van der Waals surface area (Å²) in [5.74, 6) is -3.87. The molecule has 0 atom stereocenters. The number of alkyl halides is 3. The predicted molar refractivity (Wildman–Crippen MR) is 116 cm³/mol. The first-order valence-electron chi connectivity index (χ1n) is 10.7. The van der Waals surface area contributed by atoms with Crippen LogP contribution in [0, 0.1) is 11.6 Å². The van der Waals surface area contributed by atoms with Gasteiger partial charge in [-0.2, -0.15) is 13.2 Å². The minimum absolute atomic E-state index is 0.0731. The highest BCUT2D eigenvalue weighted by atomic mass is 19.4. The summed E-state index contributed by atoms with van der Waals surface area (Å²) in [4.78, 5) is 27.4. The average Bonchev–Trinajstić information content (AvgIpc) is 3.26. The number of nitrogens with one attached hydrogen (secondary N) is 1. The molecule has 1 aliphatic heterocycles. The Kier molecular flexibility index (Phi) is 5.77. The Morgan fingerprint density at radius 1 is 1.11 bits per heavy atom. The minimum atomic E-state index is -4.58. The zero-order valence-electron chi connectivity index (χ0n) is 19.3. The van der Waals surface area contributed by atoms with Gasteiger partial charge in [-0.25, -0.2) is 13.6 Å². The standard InChI is InChI=1S/C24H22F5N3O3/c1-12(2)35-22(34)15-10-31(21(33)13-5-6-16(25)17(26)7-13)11-23(3,4)19-18-8-14(24(27,28)29)9-32(18)30-20(15)19/h5-10,12,30H,11H2,1-4H3. The molecule has 4 rings (SSSR count). The number of amides is 1.